The van der Waals surface area contributed by atoms with Gasteiger partial charge in [0.05, 0.1) is 12.0 Å². The van der Waals surface area contributed by atoms with Gasteiger partial charge in [-0.1, -0.05) is 49.6 Å². The van der Waals surface area contributed by atoms with Crippen LogP contribution in [-0.4, -0.2) is 29.9 Å². The smallest absolute Gasteiger partial charge is 0.265 e. The largest absolute Gasteiger partial charge is 0.497 e. The highest BCUT2D eigenvalue weighted by Crippen LogP contribution is 2.30. The number of rotatable bonds is 8. The van der Waals surface area contributed by atoms with Gasteiger partial charge < -0.3 is 15.0 Å². The average molecular weight is 481 g/mol. The topological polar surface area (TPSA) is 58.6 Å². The van der Waals surface area contributed by atoms with Crippen LogP contribution in [0.15, 0.2) is 66.0 Å². The lowest BCUT2D eigenvalue weighted by molar-refractivity contribution is -0.127. The maximum Gasteiger partial charge on any atom is 0.265 e. The zero-order chi connectivity index (χ0) is 23.9. The van der Waals surface area contributed by atoms with Crippen LogP contribution in [0.1, 0.15) is 58.9 Å². The highest BCUT2D eigenvalue weighted by atomic mass is 32.1. The molecule has 1 fully saturated rings. The molecular formula is C27H29FN2O3S. The Hall–Kier alpha value is -3.19. The van der Waals surface area contributed by atoms with Gasteiger partial charge in [0.25, 0.3) is 5.91 Å². The molecule has 7 heteroatoms. The standard InChI is InChI=1S/C27H29FN2O3S/c1-33-23-10-5-7-20(17-23)25(26(31)29-22-8-3-2-4-9-22)30(27(32)24-11-6-16-34-24)18-19-12-14-21(28)15-13-19/h5-7,10-17,22,25H,2-4,8-9,18H2,1H3,(H,29,31). The number of hydrogen-bond acceptors (Lipinski definition) is 4. The zero-order valence-corrected chi connectivity index (χ0v) is 20.0. The summed E-state index contributed by atoms with van der Waals surface area (Å²) in [4.78, 5) is 29.6. The second-order valence-corrected chi connectivity index (χ2v) is 9.51. The maximum absolute atomic E-state index is 13.8. The summed E-state index contributed by atoms with van der Waals surface area (Å²) in [6.45, 7) is 0.164. The van der Waals surface area contributed by atoms with Crippen molar-refractivity contribution in [1.29, 1.82) is 0 Å². The second kappa shape index (κ2) is 11.3. The summed E-state index contributed by atoms with van der Waals surface area (Å²) < 4.78 is 18.9. The van der Waals surface area contributed by atoms with Crippen LogP contribution in [-0.2, 0) is 11.3 Å². The number of carbonyl (C=O) groups excluding carboxylic acids is 2. The Bertz CT molecular complexity index is 1100. The molecule has 4 rings (SSSR count). The van der Waals surface area contributed by atoms with E-state index in [4.69, 9.17) is 4.74 Å². The first-order valence-electron chi connectivity index (χ1n) is 11.6. The van der Waals surface area contributed by atoms with E-state index in [9.17, 15) is 14.0 Å². The van der Waals surface area contributed by atoms with E-state index in [0.29, 0.717) is 16.2 Å². The third kappa shape index (κ3) is 5.83. The van der Waals surface area contributed by atoms with Gasteiger partial charge in [-0.15, -0.1) is 11.3 Å². The fourth-order valence-electron chi connectivity index (χ4n) is 4.42. The number of hydrogen-bond donors (Lipinski definition) is 1. The predicted octanol–water partition coefficient (Wildman–Crippen LogP) is 5.73. The van der Waals surface area contributed by atoms with Crippen molar-refractivity contribution in [2.75, 3.05) is 7.11 Å². The van der Waals surface area contributed by atoms with Crippen molar-refractivity contribution in [3.05, 3.63) is 87.9 Å². The first-order valence-corrected chi connectivity index (χ1v) is 12.5. The molecule has 0 aliphatic heterocycles. The number of carbonyl (C=O) groups is 2. The average Bonchev–Trinajstić information content (AvgIpc) is 3.40. The highest BCUT2D eigenvalue weighted by Gasteiger charge is 2.34. The quantitative estimate of drug-likeness (QED) is 0.448. The van der Waals surface area contributed by atoms with Gasteiger partial charge in [-0.3, -0.25) is 9.59 Å². The van der Waals surface area contributed by atoms with Crippen molar-refractivity contribution in [2.24, 2.45) is 0 Å². The molecule has 1 unspecified atom stereocenters. The van der Waals surface area contributed by atoms with Crippen molar-refractivity contribution < 1.29 is 18.7 Å². The molecule has 1 aliphatic rings. The monoisotopic (exact) mass is 480 g/mol. The summed E-state index contributed by atoms with van der Waals surface area (Å²) in [7, 11) is 1.57. The number of ether oxygens (including phenoxy) is 1. The van der Waals surface area contributed by atoms with Crippen LogP contribution in [0.3, 0.4) is 0 Å². The summed E-state index contributed by atoms with van der Waals surface area (Å²) in [5, 5.41) is 5.04. The Morgan fingerprint density at radius 3 is 2.53 bits per heavy atom. The summed E-state index contributed by atoms with van der Waals surface area (Å²) in [6, 6.07) is 16.1. The minimum Gasteiger partial charge on any atom is -0.497 e. The van der Waals surface area contributed by atoms with E-state index in [1.807, 2.05) is 29.6 Å². The third-order valence-electron chi connectivity index (χ3n) is 6.18. The van der Waals surface area contributed by atoms with Crippen LogP contribution < -0.4 is 10.1 Å². The van der Waals surface area contributed by atoms with E-state index in [1.54, 1.807) is 36.3 Å². The number of thiophene rings is 1. The van der Waals surface area contributed by atoms with Crippen molar-refractivity contribution in [3.63, 3.8) is 0 Å². The number of nitrogens with one attached hydrogen (secondary N) is 1. The number of benzene rings is 2. The van der Waals surface area contributed by atoms with Gasteiger partial charge in [0, 0.05) is 12.6 Å². The van der Waals surface area contributed by atoms with Crippen LogP contribution in [0.4, 0.5) is 4.39 Å². The molecule has 1 heterocycles. The fraction of sp³-hybridized carbons (Fsp3) is 0.333. The zero-order valence-electron chi connectivity index (χ0n) is 19.2. The first-order chi connectivity index (χ1) is 16.5. The Kier molecular flexibility index (Phi) is 7.95. The number of methoxy groups -OCH3 is 1. The molecular weight excluding hydrogens is 451 g/mol. The normalized spacial score (nSPS) is 14.9. The van der Waals surface area contributed by atoms with Gasteiger partial charge in [-0.25, -0.2) is 4.39 Å². The Balaban J connectivity index is 1.74. The minimum atomic E-state index is -0.864. The minimum absolute atomic E-state index is 0.0962. The van der Waals surface area contributed by atoms with E-state index in [2.05, 4.69) is 5.32 Å². The van der Waals surface area contributed by atoms with Gasteiger partial charge in [0.2, 0.25) is 5.91 Å². The van der Waals surface area contributed by atoms with Crippen LogP contribution in [0.5, 0.6) is 5.75 Å². The summed E-state index contributed by atoms with van der Waals surface area (Å²) in [5.74, 6) is -0.198. The molecule has 3 aromatic rings. The molecule has 2 amide bonds. The number of nitrogens with zero attached hydrogens (tertiary/aromatic N) is 1. The Labute approximate surface area is 203 Å². The van der Waals surface area contributed by atoms with Crippen molar-refractivity contribution in [3.8, 4) is 5.75 Å². The second-order valence-electron chi connectivity index (χ2n) is 8.56. The molecule has 0 radical (unpaired) electrons. The van der Waals surface area contributed by atoms with E-state index in [-0.39, 0.29) is 30.2 Å². The van der Waals surface area contributed by atoms with Gasteiger partial charge in [0.1, 0.15) is 17.6 Å². The molecule has 1 saturated carbocycles. The maximum atomic E-state index is 13.8. The lowest BCUT2D eigenvalue weighted by Crippen LogP contribution is -2.46. The van der Waals surface area contributed by atoms with E-state index in [1.165, 1.54) is 29.9 Å². The van der Waals surface area contributed by atoms with Crippen LogP contribution in [0.25, 0.3) is 0 Å². The fourth-order valence-corrected chi connectivity index (χ4v) is 5.10. The van der Waals surface area contributed by atoms with Crippen LogP contribution >= 0.6 is 11.3 Å². The summed E-state index contributed by atoms with van der Waals surface area (Å²) in [6.07, 6.45) is 5.23. The first kappa shape index (κ1) is 24.0. The van der Waals surface area contributed by atoms with Gasteiger partial charge in [-0.05, 0) is 59.7 Å². The van der Waals surface area contributed by atoms with E-state index >= 15 is 0 Å². The van der Waals surface area contributed by atoms with E-state index in [0.717, 1.165) is 31.2 Å². The van der Waals surface area contributed by atoms with Gasteiger partial charge in [0.15, 0.2) is 0 Å². The van der Waals surface area contributed by atoms with Crippen molar-refractivity contribution in [1.82, 2.24) is 10.2 Å². The number of amides is 2. The molecule has 0 bridgehead atoms. The van der Waals surface area contributed by atoms with Gasteiger partial charge in [-0.2, -0.15) is 0 Å². The number of halogens is 1. The molecule has 2 aromatic carbocycles. The van der Waals surface area contributed by atoms with Crippen molar-refractivity contribution >= 4 is 23.2 Å². The molecule has 1 N–H and O–H groups in total. The third-order valence-corrected chi connectivity index (χ3v) is 7.04. The van der Waals surface area contributed by atoms with Crippen LogP contribution in [0, 0.1) is 5.82 Å². The molecule has 0 spiro atoms. The summed E-state index contributed by atoms with van der Waals surface area (Å²) in [5.41, 5.74) is 1.41. The predicted molar refractivity (Wildman–Crippen MR) is 131 cm³/mol. The van der Waals surface area contributed by atoms with Crippen LogP contribution in [0.2, 0.25) is 0 Å². The van der Waals surface area contributed by atoms with E-state index < -0.39 is 6.04 Å². The molecule has 1 aliphatic carbocycles. The molecule has 1 atom stereocenters. The SMILES string of the molecule is COc1cccc(C(C(=O)NC2CCCCC2)N(Cc2ccc(F)cc2)C(=O)c2cccs2)c1. The molecule has 178 valence electrons. The molecule has 1 aromatic heterocycles. The molecule has 0 saturated heterocycles. The Morgan fingerprint density at radius 2 is 1.85 bits per heavy atom. The molecule has 5 nitrogen and oxygen atoms in total. The summed E-state index contributed by atoms with van der Waals surface area (Å²) >= 11 is 1.33. The van der Waals surface area contributed by atoms with Gasteiger partial charge >= 0.3 is 0 Å². The molecule has 34 heavy (non-hydrogen) atoms. The van der Waals surface area contributed by atoms with Crippen molar-refractivity contribution in [2.45, 2.75) is 50.7 Å². The Morgan fingerprint density at radius 1 is 1.09 bits per heavy atom. The lowest BCUT2D eigenvalue weighted by Gasteiger charge is -2.33. The lowest BCUT2D eigenvalue weighted by atomic mass is 9.94. The highest BCUT2D eigenvalue weighted by molar-refractivity contribution is 7.12.